The van der Waals surface area contributed by atoms with Crippen molar-refractivity contribution in [1.82, 2.24) is 0 Å². The molecule has 1 aliphatic rings. The van der Waals surface area contributed by atoms with E-state index in [0.29, 0.717) is 5.56 Å². The second-order valence-electron chi connectivity index (χ2n) is 5.50. The van der Waals surface area contributed by atoms with Gasteiger partial charge in [0.25, 0.3) is 0 Å². The molecule has 0 heterocycles. The number of hydrogen-bond donors (Lipinski definition) is 0. The summed E-state index contributed by atoms with van der Waals surface area (Å²) < 4.78 is 5.27. The topological polar surface area (TPSA) is 26.3 Å². The predicted molar refractivity (Wildman–Crippen MR) is 85.9 cm³/mol. The number of esters is 1. The molecular weight excluding hydrogens is 354 g/mol. The molecule has 0 spiro atoms. The van der Waals surface area contributed by atoms with E-state index in [4.69, 9.17) is 57.6 Å². The normalized spacial score (nSPS) is 22.5. The number of carbonyl (C=O) groups is 1. The molecule has 1 aliphatic carbocycles. The van der Waals surface area contributed by atoms with Gasteiger partial charge in [0.2, 0.25) is 0 Å². The monoisotopic (exact) mass is 364 g/mol. The third kappa shape index (κ3) is 2.98. The van der Waals surface area contributed by atoms with Crippen molar-refractivity contribution in [1.29, 1.82) is 0 Å². The number of carbonyl (C=O) groups excluding carboxylic acids is 1. The van der Waals surface area contributed by atoms with Crippen LogP contribution in [0, 0.1) is 29.6 Å². The first-order valence-electron chi connectivity index (χ1n) is 6.16. The van der Waals surface area contributed by atoms with Crippen LogP contribution >= 0.6 is 46.4 Å². The molecule has 0 saturated heterocycles. The second kappa shape index (κ2) is 5.89. The maximum absolute atomic E-state index is 12.1. The van der Waals surface area contributed by atoms with Crippen molar-refractivity contribution >= 4 is 52.4 Å². The molecule has 2 nitrogen and oxygen atoms in total. The Kier molecular flexibility index (Phi) is 4.71. The van der Waals surface area contributed by atoms with E-state index in [1.165, 1.54) is 6.07 Å². The van der Waals surface area contributed by atoms with Crippen LogP contribution in [0.2, 0.25) is 20.1 Å². The van der Waals surface area contributed by atoms with Gasteiger partial charge < -0.3 is 4.74 Å². The fourth-order valence-electron chi connectivity index (χ4n) is 2.37. The van der Waals surface area contributed by atoms with Crippen LogP contribution in [-0.4, -0.2) is 5.97 Å². The van der Waals surface area contributed by atoms with Gasteiger partial charge >= 0.3 is 5.97 Å². The van der Waals surface area contributed by atoms with Crippen LogP contribution in [0.15, 0.2) is 6.07 Å². The van der Waals surface area contributed by atoms with E-state index in [1.54, 1.807) is 0 Å². The molecule has 0 radical (unpaired) electrons. The third-order valence-electron chi connectivity index (χ3n) is 3.82. The van der Waals surface area contributed by atoms with Gasteiger partial charge in [0.15, 0.2) is 0 Å². The fraction of sp³-hybridized carbons (Fsp3) is 0.400. The highest BCUT2D eigenvalue weighted by molar-refractivity contribution is 6.48. The molecule has 0 amide bonds. The van der Waals surface area contributed by atoms with Crippen molar-refractivity contribution in [2.75, 3.05) is 0 Å². The summed E-state index contributed by atoms with van der Waals surface area (Å²) in [6, 6.07) is 1.44. The van der Waals surface area contributed by atoms with Gasteiger partial charge in [-0.15, -0.1) is 12.3 Å². The summed E-state index contributed by atoms with van der Waals surface area (Å²) in [5, 5.41) is 0.959. The molecule has 1 fully saturated rings. The fourth-order valence-corrected chi connectivity index (χ4v) is 3.33. The minimum absolute atomic E-state index is 0.0966. The number of rotatable bonds is 3. The van der Waals surface area contributed by atoms with Crippen LogP contribution < -0.4 is 0 Å². The van der Waals surface area contributed by atoms with Gasteiger partial charge in [-0.3, -0.25) is 4.79 Å². The maximum atomic E-state index is 12.1. The zero-order valence-electron chi connectivity index (χ0n) is 11.3. The summed E-state index contributed by atoms with van der Waals surface area (Å²) >= 11 is 24.0. The van der Waals surface area contributed by atoms with Crippen LogP contribution in [0.25, 0.3) is 0 Å². The zero-order valence-corrected chi connectivity index (χ0v) is 14.4. The van der Waals surface area contributed by atoms with Crippen LogP contribution in [0.3, 0.4) is 0 Å². The van der Waals surface area contributed by atoms with Crippen molar-refractivity contribution < 1.29 is 9.53 Å². The van der Waals surface area contributed by atoms with Gasteiger partial charge in [-0.1, -0.05) is 60.3 Å². The number of terminal acetylenes is 1. The largest absolute Gasteiger partial charge is 0.460 e. The number of ether oxygens (including phenoxy) is 1. The summed E-state index contributed by atoms with van der Waals surface area (Å²) in [7, 11) is 0. The van der Waals surface area contributed by atoms with Gasteiger partial charge in [-0.25, -0.2) is 0 Å². The van der Waals surface area contributed by atoms with Crippen molar-refractivity contribution in [3.8, 4) is 12.3 Å². The lowest BCUT2D eigenvalue weighted by molar-refractivity contribution is -0.147. The lowest BCUT2D eigenvalue weighted by Crippen LogP contribution is -2.11. The molecule has 2 atom stereocenters. The lowest BCUT2D eigenvalue weighted by atomic mass is 10.1. The average molecular weight is 366 g/mol. The Hall–Kier alpha value is -0.590. The smallest absolute Gasteiger partial charge is 0.311 e. The quantitative estimate of drug-likeness (QED) is 0.415. The minimum atomic E-state index is -0.369. The molecule has 6 heteroatoms. The Morgan fingerprint density at radius 2 is 1.81 bits per heavy atom. The molecule has 21 heavy (non-hydrogen) atoms. The molecular formula is C15H12Cl4O2. The summed E-state index contributed by atoms with van der Waals surface area (Å²) in [5.74, 6) is 1.81. The summed E-state index contributed by atoms with van der Waals surface area (Å²) in [6.07, 6.45) is 5.40. The molecule has 1 aromatic rings. The van der Waals surface area contributed by atoms with Crippen molar-refractivity contribution in [3.05, 3.63) is 31.7 Å². The first-order valence-corrected chi connectivity index (χ1v) is 7.67. The van der Waals surface area contributed by atoms with Gasteiger partial charge in [0.05, 0.1) is 26.0 Å². The predicted octanol–water partition coefficient (Wildman–Crippen LogP) is 5.25. The van der Waals surface area contributed by atoms with Gasteiger partial charge in [-0.2, -0.15) is 0 Å². The van der Waals surface area contributed by atoms with Crippen LogP contribution in [0.4, 0.5) is 0 Å². The highest BCUT2D eigenvalue weighted by atomic mass is 35.5. The second-order valence-corrected chi connectivity index (χ2v) is 7.07. The lowest BCUT2D eigenvalue weighted by Gasteiger charge is -2.11. The standard InChI is InChI=1S/C15H12Cl4O2/c1-4-8-11(15(8,2)3)14(20)21-6-7-12(18)9(16)5-10(17)13(7)19/h1,5,8,11H,6H2,2-3H3/t8-,11+/m1/s1. The SMILES string of the molecule is C#C[C@@H]1[C@@H](C(=O)OCc2c(Cl)c(Cl)cc(Cl)c2Cl)C1(C)C. The molecule has 1 saturated carbocycles. The molecule has 0 bridgehead atoms. The zero-order chi connectivity index (χ0) is 15.9. The molecule has 2 rings (SSSR count). The van der Waals surface area contributed by atoms with E-state index in [9.17, 15) is 4.79 Å². The Morgan fingerprint density at radius 1 is 1.29 bits per heavy atom. The van der Waals surface area contributed by atoms with Crippen LogP contribution in [0.1, 0.15) is 19.4 Å². The van der Waals surface area contributed by atoms with E-state index in [1.807, 2.05) is 13.8 Å². The summed E-state index contributed by atoms with van der Waals surface area (Å²) in [5.41, 5.74) is 0.144. The minimum Gasteiger partial charge on any atom is -0.460 e. The van der Waals surface area contributed by atoms with Crippen molar-refractivity contribution in [3.63, 3.8) is 0 Å². The number of halogens is 4. The first-order chi connectivity index (χ1) is 9.71. The highest BCUT2D eigenvalue weighted by Gasteiger charge is 2.62. The Balaban J connectivity index is 2.12. The number of benzene rings is 1. The Bertz CT molecular complexity index is 620. The summed E-state index contributed by atoms with van der Waals surface area (Å²) in [4.78, 5) is 12.1. The van der Waals surface area contributed by atoms with E-state index < -0.39 is 0 Å². The van der Waals surface area contributed by atoms with E-state index in [0.717, 1.165) is 0 Å². The van der Waals surface area contributed by atoms with Gasteiger partial charge in [-0.05, 0) is 11.5 Å². The molecule has 1 aromatic carbocycles. The van der Waals surface area contributed by atoms with Gasteiger partial charge in [0, 0.05) is 11.5 Å². The van der Waals surface area contributed by atoms with Crippen molar-refractivity contribution in [2.45, 2.75) is 20.5 Å². The van der Waals surface area contributed by atoms with E-state index in [-0.39, 0.29) is 49.9 Å². The van der Waals surface area contributed by atoms with Gasteiger partial charge in [0.1, 0.15) is 6.61 Å². The first kappa shape index (κ1) is 16.8. The van der Waals surface area contributed by atoms with E-state index in [2.05, 4.69) is 5.92 Å². The molecule has 0 N–H and O–H groups in total. The number of hydrogen-bond acceptors (Lipinski definition) is 2. The van der Waals surface area contributed by atoms with E-state index >= 15 is 0 Å². The Morgan fingerprint density at radius 3 is 2.24 bits per heavy atom. The van der Waals surface area contributed by atoms with Crippen LogP contribution in [0.5, 0.6) is 0 Å². The van der Waals surface area contributed by atoms with Crippen molar-refractivity contribution in [2.24, 2.45) is 17.3 Å². The molecule has 0 aromatic heterocycles. The molecule has 0 aliphatic heterocycles. The summed E-state index contributed by atoms with van der Waals surface area (Å²) in [6.45, 7) is 3.76. The Labute approximate surface area is 143 Å². The van der Waals surface area contributed by atoms with Crippen LogP contribution in [-0.2, 0) is 16.1 Å². The highest BCUT2D eigenvalue weighted by Crippen LogP contribution is 2.58. The third-order valence-corrected chi connectivity index (χ3v) is 5.48. The average Bonchev–Trinajstić information content (AvgIpc) is 2.98. The maximum Gasteiger partial charge on any atom is 0.311 e. The molecule has 0 unspecified atom stereocenters. The molecule has 112 valence electrons.